The molecule has 3 rings (SSSR count). The molecule has 0 aromatic heterocycles. The Hall–Kier alpha value is -0.830. The van der Waals surface area contributed by atoms with Crippen LogP contribution in [-0.2, 0) is 9.53 Å². The van der Waals surface area contributed by atoms with Crippen LogP contribution in [0.2, 0.25) is 0 Å². The van der Waals surface area contributed by atoms with Gasteiger partial charge < -0.3 is 9.84 Å². The van der Waals surface area contributed by atoms with Gasteiger partial charge in [0.05, 0.1) is 12.0 Å². The van der Waals surface area contributed by atoms with Crippen LogP contribution in [0, 0.1) is 23.2 Å². The maximum absolute atomic E-state index is 11.7. The first-order chi connectivity index (χ1) is 7.95. The number of rotatable bonds is 0. The van der Waals surface area contributed by atoms with Gasteiger partial charge in [-0.25, -0.2) is 0 Å². The molecule has 2 aliphatic carbocycles. The molecule has 0 amide bonds. The SMILES string of the molecule is C=C1C[C@@H](O)[C@]2(C)CC[C@@H]3[C@H](OC(=O)[C@@H]3C)[C@@H]12. The standard InChI is InChI=1S/C14H20O3/c1-7-6-10(15)14(3)5-4-9-8(2)13(16)17-12(9)11(7)14/h8-12,15H,1,4-6H2,2-3H3/t8-,9+,10-,11-,12+,14+/m1/s1. The Labute approximate surface area is 102 Å². The second-order valence-electron chi connectivity index (χ2n) is 6.25. The third-order valence-corrected chi connectivity index (χ3v) is 5.40. The van der Waals surface area contributed by atoms with Gasteiger partial charge >= 0.3 is 5.97 Å². The lowest BCUT2D eigenvalue weighted by Gasteiger charge is -2.44. The minimum atomic E-state index is -0.324. The van der Waals surface area contributed by atoms with E-state index < -0.39 is 0 Å². The zero-order chi connectivity index (χ0) is 12.4. The molecular weight excluding hydrogens is 216 g/mol. The maximum atomic E-state index is 11.7. The minimum Gasteiger partial charge on any atom is -0.461 e. The number of fused-ring (bicyclic) bond motifs is 3. The number of ether oxygens (including phenoxy) is 1. The Morgan fingerprint density at radius 2 is 2.24 bits per heavy atom. The van der Waals surface area contributed by atoms with Gasteiger partial charge in [0.2, 0.25) is 0 Å². The largest absolute Gasteiger partial charge is 0.461 e. The molecule has 1 saturated heterocycles. The van der Waals surface area contributed by atoms with Crippen molar-refractivity contribution in [1.82, 2.24) is 0 Å². The van der Waals surface area contributed by atoms with Gasteiger partial charge in [-0.2, -0.15) is 0 Å². The molecule has 1 aliphatic heterocycles. The monoisotopic (exact) mass is 236 g/mol. The van der Waals surface area contributed by atoms with Gasteiger partial charge in [0.1, 0.15) is 6.10 Å². The number of hydrogen-bond donors (Lipinski definition) is 1. The summed E-state index contributed by atoms with van der Waals surface area (Å²) in [5.41, 5.74) is 0.930. The van der Waals surface area contributed by atoms with Gasteiger partial charge in [-0.15, -0.1) is 0 Å². The molecule has 0 spiro atoms. The summed E-state index contributed by atoms with van der Waals surface area (Å²) in [5, 5.41) is 10.2. The van der Waals surface area contributed by atoms with E-state index in [0.29, 0.717) is 12.3 Å². The highest BCUT2D eigenvalue weighted by Gasteiger charge is 2.60. The fourth-order valence-electron chi connectivity index (χ4n) is 4.21. The van der Waals surface area contributed by atoms with Gasteiger partial charge in [-0.1, -0.05) is 26.0 Å². The van der Waals surface area contributed by atoms with E-state index in [1.165, 1.54) is 0 Å². The van der Waals surface area contributed by atoms with Gasteiger partial charge in [0.15, 0.2) is 0 Å². The average Bonchev–Trinajstić information content (AvgIpc) is 2.65. The lowest BCUT2D eigenvalue weighted by Crippen LogP contribution is -2.46. The number of aliphatic hydroxyl groups excluding tert-OH is 1. The second kappa shape index (κ2) is 3.35. The van der Waals surface area contributed by atoms with E-state index in [2.05, 4.69) is 13.5 Å². The van der Waals surface area contributed by atoms with Crippen LogP contribution in [0.4, 0.5) is 0 Å². The molecule has 0 unspecified atom stereocenters. The summed E-state index contributed by atoms with van der Waals surface area (Å²) in [6.07, 6.45) is 2.25. The number of hydrogen-bond acceptors (Lipinski definition) is 3. The van der Waals surface area contributed by atoms with E-state index in [0.717, 1.165) is 18.4 Å². The summed E-state index contributed by atoms with van der Waals surface area (Å²) in [7, 11) is 0. The second-order valence-corrected chi connectivity index (χ2v) is 6.25. The van der Waals surface area contributed by atoms with Crippen molar-refractivity contribution in [3.8, 4) is 0 Å². The Bertz CT molecular complexity index is 389. The van der Waals surface area contributed by atoms with Crippen molar-refractivity contribution < 1.29 is 14.6 Å². The summed E-state index contributed by atoms with van der Waals surface area (Å²) < 4.78 is 5.56. The topological polar surface area (TPSA) is 46.5 Å². The Balaban J connectivity index is 1.98. The smallest absolute Gasteiger partial charge is 0.309 e. The molecule has 94 valence electrons. The van der Waals surface area contributed by atoms with E-state index in [1.807, 2.05) is 6.92 Å². The van der Waals surface area contributed by atoms with Gasteiger partial charge in [0.25, 0.3) is 0 Å². The Kier molecular flexibility index (Phi) is 2.22. The van der Waals surface area contributed by atoms with Crippen LogP contribution in [0.3, 0.4) is 0 Å². The Morgan fingerprint density at radius 1 is 1.53 bits per heavy atom. The van der Waals surface area contributed by atoms with Crippen molar-refractivity contribution in [1.29, 1.82) is 0 Å². The molecule has 1 N–H and O–H groups in total. The molecule has 3 heteroatoms. The molecule has 0 radical (unpaired) electrons. The van der Waals surface area contributed by atoms with E-state index in [1.54, 1.807) is 0 Å². The number of carbonyl (C=O) groups is 1. The van der Waals surface area contributed by atoms with Crippen LogP contribution in [0.15, 0.2) is 12.2 Å². The molecule has 2 saturated carbocycles. The molecule has 3 aliphatic rings. The highest BCUT2D eigenvalue weighted by Crippen LogP contribution is 2.58. The minimum absolute atomic E-state index is 0.00935. The molecule has 17 heavy (non-hydrogen) atoms. The zero-order valence-corrected chi connectivity index (χ0v) is 10.5. The third-order valence-electron chi connectivity index (χ3n) is 5.40. The molecular formula is C14H20O3. The number of aliphatic hydroxyl groups is 1. The van der Waals surface area contributed by atoms with Crippen LogP contribution in [0.25, 0.3) is 0 Å². The summed E-state index contributed by atoms with van der Waals surface area (Å²) in [4.78, 5) is 11.7. The Morgan fingerprint density at radius 3 is 2.94 bits per heavy atom. The third kappa shape index (κ3) is 1.29. The van der Waals surface area contributed by atoms with Crippen LogP contribution in [0.1, 0.15) is 33.1 Å². The molecule has 3 fully saturated rings. The predicted molar refractivity (Wildman–Crippen MR) is 63.1 cm³/mol. The highest BCUT2D eigenvalue weighted by molar-refractivity contribution is 5.75. The van der Waals surface area contributed by atoms with Gasteiger partial charge in [-0.3, -0.25) is 4.79 Å². The van der Waals surface area contributed by atoms with Crippen molar-refractivity contribution in [2.45, 2.75) is 45.3 Å². The summed E-state index contributed by atoms with van der Waals surface area (Å²) in [6, 6.07) is 0. The summed E-state index contributed by atoms with van der Waals surface area (Å²) in [5.74, 6) is 0.418. The van der Waals surface area contributed by atoms with Crippen LogP contribution >= 0.6 is 0 Å². The summed E-state index contributed by atoms with van der Waals surface area (Å²) >= 11 is 0. The van der Waals surface area contributed by atoms with Gasteiger partial charge in [-0.05, 0) is 19.3 Å². The van der Waals surface area contributed by atoms with Crippen LogP contribution in [-0.4, -0.2) is 23.3 Å². The predicted octanol–water partition coefficient (Wildman–Crippen LogP) is 1.90. The molecule has 6 atom stereocenters. The normalized spacial score (nSPS) is 53.2. The van der Waals surface area contributed by atoms with Crippen molar-refractivity contribution in [2.75, 3.05) is 0 Å². The van der Waals surface area contributed by atoms with Crippen molar-refractivity contribution >= 4 is 5.97 Å². The molecule has 0 bridgehead atoms. The lowest BCUT2D eigenvalue weighted by atomic mass is 9.62. The highest BCUT2D eigenvalue weighted by atomic mass is 16.6. The lowest BCUT2D eigenvalue weighted by molar-refractivity contribution is -0.148. The van der Waals surface area contributed by atoms with Crippen molar-refractivity contribution in [3.63, 3.8) is 0 Å². The molecule has 3 nitrogen and oxygen atoms in total. The number of esters is 1. The number of carbonyl (C=O) groups excluding carboxylic acids is 1. The zero-order valence-electron chi connectivity index (χ0n) is 10.5. The van der Waals surface area contributed by atoms with E-state index in [-0.39, 0.29) is 35.4 Å². The van der Waals surface area contributed by atoms with E-state index in [9.17, 15) is 9.90 Å². The first kappa shape index (κ1) is 11.3. The first-order valence-corrected chi connectivity index (χ1v) is 6.51. The van der Waals surface area contributed by atoms with Crippen LogP contribution in [0.5, 0.6) is 0 Å². The fourth-order valence-corrected chi connectivity index (χ4v) is 4.21. The average molecular weight is 236 g/mol. The molecule has 0 aromatic rings. The quantitative estimate of drug-likeness (QED) is 0.516. The molecule has 0 aromatic carbocycles. The van der Waals surface area contributed by atoms with Crippen molar-refractivity contribution in [3.05, 3.63) is 12.2 Å². The van der Waals surface area contributed by atoms with E-state index in [4.69, 9.17) is 4.74 Å². The maximum Gasteiger partial charge on any atom is 0.309 e. The van der Waals surface area contributed by atoms with Crippen LogP contribution < -0.4 is 0 Å². The molecule has 1 heterocycles. The first-order valence-electron chi connectivity index (χ1n) is 6.51. The fraction of sp³-hybridized carbons (Fsp3) is 0.786. The van der Waals surface area contributed by atoms with E-state index >= 15 is 0 Å². The van der Waals surface area contributed by atoms with Crippen molar-refractivity contribution in [2.24, 2.45) is 23.2 Å². The summed E-state index contributed by atoms with van der Waals surface area (Å²) in [6.45, 7) is 8.17. The van der Waals surface area contributed by atoms with Gasteiger partial charge in [0, 0.05) is 17.3 Å².